The number of para-hydroxylation sites is 1. The summed E-state index contributed by atoms with van der Waals surface area (Å²) in [5, 5.41) is 16.0. The van der Waals surface area contributed by atoms with Gasteiger partial charge in [0, 0.05) is 25.4 Å². The van der Waals surface area contributed by atoms with Gasteiger partial charge in [-0.2, -0.15) is 0 Å². The van der Waals surface area contributed by atoms with Gasteiger partial charge in [-0.3, -0.25) is 0 Å². The lowest BCUT2D eigenvalue weighted by Crippen LogP contribution is -2.19. The normalized spacial score (nSPS) is 15.7. The van der Waals surface area contributed by atoms with Crippen LogP contribution in [0, 0.1) is 5.92 Å². The Morgan fingerprint density at radius 2 is 2.32 bits per heavy atom. The number of nitrogens with one attached hydrogen (secondary N) is 2. The smallest absolute Gasteiger partial charge is 0.0456 e. The fourth-order valence-corrected chi connectivity index (χ4v) is 2.62. The van der Waals surface area contributed by atoms with Crippen molar-refractivity contribution in [3.63, 3.8) is 0 Å². The predicted molar refractivity (Wildman–Crippen MR) is 80.4 cm³/mol. The molecular formula is C16H26N2O. The molecule has 1 aromatic rings. The summed E-state index contributed by atoms with van der Waals surface area (Å²) in [6, 6.07) is 6.60. The highest BCUT2D eigenvalue weighted by Crippen LogP contribution is 2.25. The Balaban J connectivity index is 1.77. The average molecular weight is 262 g/mol. The maximum atomic E-state index is 8.97. The number of hydrogen-bond acceptors (Lipinski definition) is 3. The van der Waals surface area contributed by atoms with Crippen LogP contribution < -0.4 is 10.6 Å². The number of aryl methyl sites for hydroxylation is 1. The molecule has 0 radical (unpaired) electrons. The summed E-state index contributed by atoms with van der Waals surface area (Å²) in [5.74, 6) is 0.424. The second-order valence-corrected chi connectivity index (χ2v) is 5.59. The Kier molecular flexibility index (Phi) is 5.67. The second kappa shape index (κ2) is 7.51. The number of aliphatic hydroxyl groups is 1. The van der Waals surface area contributed by atoms with Crippen molar-refractivity contribution in [3.05, 3.63) is 29.3 Å². The lowest BCUT2D eigenvalue weighted by atomic mass is 9.99. The van der Waals surface area contributed by atoms with E-state index in [1.807, 2.05) is 0 Å². The van der Waals surface area contributed by atoms with Crippen LogP contribution in [0.4, 0.5) is 5.69 Å². The molecule has 0 fully saturated rings. The van der Waals surface area contributed by atoms with Crippen molar-refractivity contribution in [1.29, 1.82) is 0 Å². The topological polar surface area (TPSA) is 44.3 Å². The first-order chi connectivity index (χ1) is 9.31. The summed E-state index contributed by atoms with van der Waals surface area (Å²) < 4.78 is 0. The quantitative estimate of drug-likeness (QED) is 0.662. The molecule has 1 aliphatic heterocycles. The highest BCUT2D eigenvalue weighted by Gasteiger charge is 2.11. The second-order valence-electron chi connectivity index (χ2n) is 5.59. The van der Waals surface area contributed by atoms with Crippen LogP contribution in [0.1, 0.15) is 37.3 Å². The van der Waals surface area contributed by atoms with E-state index in [1.54, 1.807) is 0 Å². The summed E-state index contributed by atoms with van der Waals surface area (Å²) in [5.41, 5.74) is 4.19. The van der Waals surface area contributed by atoms with Crippen molar-refractivity contribution in [1.82, 2.24) is 5.32 Å². The molecule has 0 spiro atoms. The Hall–Kier alpha value is -1.06. The zero-order valence-corrected chi connectivity index (χ0v) is 11.9. The molecule has 0 aliphatic carbocycles. The predicted octanol–water partition coefficient (Wildman–Crippen LogP) is 2.54. The van der Waals surface area contributed by atoms with Gasteiger partial charge >= 0.3 is 0 Å². The van der Waals surface area contributed by atoms with Crippen LogP contribution in [0.3, 0.4) is 0 Å². The summed E-state index contributed by atoms with van der Waals surface area (Å²) >= 11 is 0. The SMILES string of the molecule is CC(CO)CCCNCc1cccc2c1NCCC2. The van der Waals surface area contributed by atoms with Crippen molar-refractivity contribution >= 4 is 5.69 Å². The third-order valence-corrected chi connectivity index (χ3v) is 3.84. The maximum Gasteiger partial charge on any atom is 0.0456 e. The van der Waals surface area contributed by atoms with E-state index in [4.69, 9.17) is 5.11 Å². The van der Waals surface area contributed by atoms with Crippen LogP contribution in [0.2, 0.25) is 0 Å². The van der Waals surface area contributed by atoms with Gasteiger partial charge in [0.1, 0.15) is 0 Å². The fraction of sp³-hybridized carbons (Fsp3) is 0.625. The molecule has 0 saturated heterocycles. The van der Waals surface area contributed by atoms with E-state index < -0.39 is 0 Å². The molecule has 106 valence electrons. The van der Waals surface area contributed by atoms with Crippen LogP contribution >= 0.6 is 0 Å². The van der Waals surface area contributed by atoms with Gasteiger partial charge in [-0.1, -0.05) is 25.1 Å². The monoisotopic (exact) mass is 262 g/mol. The van der Waals surface area contributed by atoms with E-state index in [-0.39, 0.29) is 0 Å². The summed E-state index contributed by atoms with van der Waals surface area (Å²) in [6.07, 6.45) is 4.66. The standard InChI is InChI=1S/C16H26N2O/c1-13(12-19)5-3-9-17-11-15-7-2-6-14-8-4-10-18-16(14)15/h2,6-7,13,17-19H,3-5,8-12H2,1H3. The molecule has 3 N–H and O–H groups in total. The summed E-state index contributed by atoms with van der Waals surface area (Å²) in [6.45, 7) is 5.45. The van der Waals surface area contributed by atoms with Gasteiger partial charge in [-0.15, -0.1) is 0 Å². The van der Waals surface area contributed by atoms with Gasteiger partial charge in [-0.25, -0.2) is 0 Å². The van der Waals surface area contributed by atoms with E-state index >= 15 is 0 Å². The van der Waals surface area contributed by atoms with Gasteiger partial charge in [0.15, 0.2) is 0 Å². The minimum Gasteiger partial charge on any atom is -0.396 e. The molecule has 3 nitrogen and oxygen atoms in total. The highest BCUT2D eigenvalue weighted by molar-refractivity contribution is 5.59. The Morgan fingerprint density at radius 3 is 3.16 bits per heavy atom. The molecule has 1 aromatic carbocycles. The third-order valence-electron chi connectivity index (χ3n) is 3.84. The van der Waals surface area contributed by atoms with Crippen molar-refractivity contribution in [3.8, 4) is 0 Å². The molecule has 0 bridgehead atoms. The zero-order valence-electron chi connectivity index (χ0n) is 11.9. The van der Waals surface area contributed by atoms with Crippen LogP contribution in [-0.2, 0) is 13.0 Å². The highest BCUT2D eigenvalue weighted by atomic mass is 16.3. The van der Waals surface area contributed by atoms with Crippen molar-refractivity contribution in [2.24, 2.45) is 5.92 Å². The molecule has 19 heavy (non-hydrogen) atoms. The van der Waals surface area contributed by atoms with Crippen molar-refractivity contribution in [2.45, 2.75) is 39.2 Å². The largest absolute Gasteiger partial charge is 0.396 e. The van der Waals surface area contributed by atoms with Crippen LogP contribution in [0.25, 0.3) is 0 Å². The van der Waals surface area contributed by atoms with Gasteiger partial charge < -0.3 is 15.7 Å². The number of aliphatic hydroxyl groups excluding tert-OH is 1. The minimum atomic E-state index is 0.302. The lowest BCUT2D eigenvalue weighted by Gasteiger charge is -2.21. The Morgan fingerprint density at radius 1 is 1.42 bits per heavy atom. The number of benzene rings is 1. The molecular weight excluding hydrogens is 236 g/mol. The number of hydrogen-bond donors (Lipinski definition) is 3. The van der Waals surface area contributed by atoms with E-state index in [1.165, 1.54) is 29.7 Å². The molecule has 0 saturated carbocycles. The molecule has 0 amide bonds. The van der Waals surface area contributed by atoms with Crippen LogP contribution in [-0.4, -0.2) is 24.8 Å². The van der Waals surface area contributed by atoms with Gasteiger partial charge in [-0.05, 0) is 49.3 Å². The van der Waals surface area contributed by atoms with E-state index in [9.17, 15) is 0 Å². The molecule has 1 heterocycles. The molecule has 2 rings (SSSR count). The fourth-order valence-electron chi connectivity index (χ4n) is 2.62. The first-order valence-electron chi connectivity index (χ1n) is 7.47. The number of fused-ring (bicyclic) bond motifs is 1. The van der Waals surface area contributed by atoms with Crippen molar-refractivity contribution < 1.29 is 5.11 Å². The maximum absolute atomic E-state index is 8.97. The molecule has 1 aliphatic rings. The Bertz CT molecular complexity index is 392. The molecule has 1 unspecified atom stereocenters. The summed E-state index contributed by atoms with van der Waals surface area (Å²) in [7, 11) is 0. The van der Waals surface area contributed by atoms with Gasteiger partial charge in [0.2, 0.25) is 0 Å². The van der Waals surface area contributed by atoms with Gasteiger partial charge in [0.25, 0.3) is 0 Å². The van der Waals surface area contributed by atoms with Crippen molar-refractivity contribution in [2.75, 3.05) is 25.0 Å². The molecule has 0 aromatic heterocycles. The minimum absolute atomic E-state index is 0.302. The zero-order chi connectivity index (χ0) is 13.5. The average Bonchev–Trinajstić information content (AvgIpc) is 2.46. The van der Waals surface area contributed by atoms with Crippen LogP contribution in [0.5, 0.6) is 0 Å². The van der Waals surface area contributed by atoms with E-state index in [2.05, 4.69) is 35.8 Å². The number of anilines is 1. The Labute approximate surface area is 116 Å². The van der Waals surface area contributed by atoms with Crippen LogP contribution in [0.15, 0.2) is 18.2 Å². The lowest BCUT2D eigenvalue weighted by molar-refractivity contribution is 0.228. The molecule has 3 heteroatoms. The third kappa shape index (κ3) is 4.22. The van der Waals surface area contributed by atoms with Gasteiger partial charge in [0.05, 0.1) is 0 Å². The number of rotatable bonds is 7. The van der Waals surface area contributed by atoms with E-state index in [0.717, 1.165) is 32.5 Å². The first-order valence-corrected chi connectivity index (χ1v) is 7.47. The first kappa shape index (κ1) is 14.4. The summed E-state index contributed by atoms with van der Waals surface area (Å²) in [4.78, 5) is 0. The van der Waals surface area contributed by atoms with E-state index in [0.29, 0.717) is 12.5 Å². The molecule has 1 atom stereocenters.